The van der Waals surface area contributed by atoms with Crippen molar-refractivity contribution in [2.75, 3.05) is 13.7 Å². The molecule has 3 aromatic rings. The fourth-order valence-corrected chi connectivity index (χ4v) is 3.41. The van der Waals surface area contributed by atoms with Crippen molar-refractivity contribution in [3.63, 3.8) is 0 Å². The topological polar surface area (TPSA) is 112 Å². The number of aromatic nitrogens is 3. The molecule has 0 spiro atoms. The van der Waals surface area contributed by atoms with Crippen LogP contribution in [-0.2, 0) is 19.5 Å². The minimum absolute atomic E-state index is 0.130. The molecule has 2 aromatic heterocycles. The van der Waals surface area contributed by atoms with Gasteiger partial charge in [0.05, 0.1) is 12.8 Å². The summed E-state index contributed by atoms with van der Waals surface area (Å²) in [7, 11) is 1.44. The maximum Gasteiger partial charge on any atom is 0.254 e. The number of aromatic hydroxyl groups is 2. The number of pyridine rings is 1. The summed E-state index contributed by atoms with van der Waals surface area (Å²) in [5.41, 5.74) is 2.71. The molecule has 0 fully saturated rings. The third-order valence-corrected chi connectivity index (χ3v) is 4.80. The largest absolute Gasteiger partial charge is 0.504 e. The highest BCUT2D eigenvalue weighted by molar-refractivity contribution is 5.52. The van der Waals surface area contributed by atoms with Gasteiger partial charge in [0.1, 0.15) is 5.69 Å². The molecule has 0 atom stereocenters. The summed E-state index contributed by atoms with van der Waals surface area (Å²) in [4.78, 5) is 26.3. The summed E-state index contributed by atoms with van der Waals surface area (Å²) in [6, 6.07) is 8.66. The fraction of sp³-hybridized carbons (Fsp3) is 0.250. The second kappa shape index (κ2) is 7.32. The molecule has 0 aliphatic carbocycles. The van der Waals surface area contributed by atoms with E-state index < -0.39 is 0 Å². The standard InChI is InChI=1S/C20H20N4O4/c1-28-17-9-12(8-16(25)18(17)26)10-24-7-5-13-15(11-24)22-19(23-20(13)27)14-4-2-3-6-21-14/h2-4,6,8-9,25-26H,5,7,10-11H2,1H3,(H,22,23,27). The third-order valence-electron chi connectivity index (χ3n) is 4.80. The van der Waals surface area contributed by atoms with E-state index in [0.717, 1.165) is 11.3 Å². The second-order valence-corrected chi connectivity index (χ2v) is 6.68. The van der Waals surface area contributed by atoms with Gasteiger partial charge in [-0.2, -0.15) is 0 Å². The van der Waals surface area contributed by atoms with Crippen LogP contribution in [0.25, 0.3) is 11.5 Å². The lowest BCUT2D eigenvalue weighted by Crippen LogP contribution is -2.35. The summed E-state index contributed by atoms with van der Waals surface area (Å²) in [5.74, 6) is 0.178. The molecule has 4 rings (SSSR count). The first-order valence-electron chi connectivity index (χ1n) is 8.90. The van der Waals surface area contributed by atoms with Gasteiger partial charge in [0.2, 0.25) is 5.75 Å². The number of fused-ring (bicyclic) bond motifs is 1. The van der Waals surface area contributed by atoms with Crippen LogP contribution in [0.15, 0.2) is 41.3 Å². The van der Waals surface area contributed by atoms with E-state index in [1.54, 1.807) is 18.3 Å². The highest BCUT2D eigenvalue weighted by Crippen LogP contribution is 2.36. The maximum atomic E-state index is 12.5. The van der Waals surface area contributed by atoms with Crippen LogP contribution in [0, 0.1) is 0 Å². The van der Waals surface area contributed by atoms with Gasteiger partial charge in [0, 0.05) is 31.4 Å². The van der Waals surface area contributed by atoms with Gasteiger partial charge in [-0.3, -0.25) is 14.7 Å². The Balaban J connectivity index is 1.60. The van der Waals surface area contributed by atoms with Crippen molar-refractivity contribution in [1.82, 2.24) is 19.9 Å². The number of H-pyrrole nitrogens is 1. The zero-order valence-corrected chi connectivity index (χ0v) is 15.3. The van der Waals surface area contributed by atoms with E-state index in [2.05, 4.69) is 19.9 Å². The van der Waals surface area contributed by atoms with Crippen LogP contribution in [0.2, 0.25) is 0 Å². The molecule has 1 aromatic carbocycles. The van der Waals surface area contributed by atoms with E-state index in [0.29, 0.717) is 43.1 Å². The number of ether oxygens (including phenoxy) is 1. The summed E-state index contributed by atoms with van der Waals surface area (Å²) >= 11 is 0. The Morgan fingerprint density at radius 3 is 2.89 bits per heavy atom. The maximum absolute atomic E-state index is 12.5. The number of rotatable bonds is 4. The van der Waals surface area contributed by atoms with Gasteiger partial charge in [0.25, 0.3) is 5.56 Å². The van der Waals surface area contributed by atoms with Crippen LogP contribution in [0.5, 0.6) is 17.2 Å². The molecule has 0 saturated carbocycles. The summed E-state index contributed by atoms with van der Waals surface area (Å²) in [6.07, 6.45) is 2.24. The van der Waals surface area contributed by atoms with E-state index in [1.165, 1.54) is 13.2 Å². The average molecular weight is 380 g/mol. The van der Waals surface area contributed by atoms with Crippen LogP contribution < -0.4 is 10.3 Å². The third kappa shape index (κ3) is 3.41. The van der Waals surface area contributed by atoms with Crippen molar-refractivity contribution < 1.29 is 14.9 Å². The van der Waals surface area contributed by atoms with E-state index in [1.807, 2.05) is 12.1 Å². The number of nitrogens with one attached hydrogen (secondary N) is 1. The number of hydrogen-bond donors (Lipinski definition) is 3. The predicted molar refractivity (Wildman–Crippen MR) is 102 cm³/mol. The van der Waals surface area contributed by atoms with Crippen LogP contribution in [0.3, 0.4) is 0 Å². The molecule has 1 aliphatic heterocycles. The van der Waals surface area contributed by atoms with Crippen LogP contribution in [0.4, 0.5) is 0 Å². The van der Waals surface area contributed by atoms with Crippen molar-refractivity contribution in [1.29, 1.82) is 0 Å². The van der Waals surface area contributed by atoms with Crippen molar-refractivity contribution in [2.45, 2.75) is 19.5 Å². The zero-order chi connectivity index (χ0) is 19.7. The van der Waals surface area contributed by atoms with E-state index in [-0.39, 0.29) is 22.8 Å². The predicted octanol–water partition coefficient (Wildman–Crippen LogP) is 1.81. The average Bonchev–Trinajstić information content (AvgIpc) is 2.71. The number of phenols is 2. The van der Waals surface area contributed by atoms with E-state index in [9.17, 15) is 15.0 Å². The monoisotopic (exact) mass is 380 g/mol. The van der Waals surface area contributed by atoms with Gasteiger partial charge in [0.15, 0.2) is 17.3 Å². The number of phenolic OH excluding ortho intramolecular Hbond substituents is 2. The van der Waals surface area contributed by atoms with E-state index in [4.69, 9.17) is 4.74 Å². The summed E-state index contributed by atoms with van der Waals surface area (Å²) in [6.45, 7) is 1.71. The number of aromatic amines is 1. The molecule has 0 radical (unpaired) electrons. The Labute approximate surface area is 161 Å². The SMILES string of the molecule is COc1cc(CN2CCc3c(nc(-c4ccccn4)[nH]c3=O)C2)cc(O)c1O. The van der Waals surface area contributed by atoms with Gasteiger partial charge in [-0.05, 0) is 36.2 Å². The van der Waals surface area contributed by atoms with Crippen LogP contribution in [0.1, 0.15) is 16.8 Å². The lowest BCUT2D eigenvalue weighted by atomic mass is 10.0. The first-order valence-corrected chi connectivity index (χ1v) is 8.90. The molecular weight excluding hydrogens is 360 g/mol. The number of hydrogen-bond acceptors (Lipinski definition) is 7. The smallest absolute Gasteiger partial charge is 0.254 e. The zero-order valence-electron chi connectivity index (χ0n) is 15.3. The number of methoxy groups -OCH3 is 1. The molecule has 0 saturated heterocycles. The van der Waals surface area contributed by atoms with Gasteiger partial charge >= 0.3 is 0 Å². The van der Waals surface area contributed by atoms with Crippen molar-refractivity contribution in [2.24, 2.45) is 0 Å². The number of benzene rings is 1. The minimum atomic E-state index is -0.275. The van der Waals surface area contributed by atoms with Crippen molar-refractivity contribution in [3.05, 3.63) is 63.7 Å². The second-order valence-electron chi connectivity index (χ2n) is 6.68. The fourth-order valence-electron chi connectivity index (χ4n) is 3.41. The van der Waals surface area contributed by atoms with Gasteiger partial charge in [-0.1, -0.05) is 6.07 Å². The lowest BCUT2D eigenvalue weighted by Gasteiger charge is -2.28. The summed E-state index contributed by atoms with van der Waals surface area (Å²) < 4.78 is 5.10. The van der Waals surface area contributed by atoms with Crippen molar-refractivity contribution >= 4 is 0 Å². The molecule has 3 N–H and O–H groups in total. The Morgan fingerprint density at radius 2 is 2.14 bits per heavy atom. The molecule has 3 heterocycles. The Kier molecular flexibility index (Phi) is 4.70. The molecule has 0 amide bonds. The molecular formula is C20H20N4O4. The minimum Gasteiger partial charge on any atom is -0.504 e. The molecule has 28 heavy (non-hydrogen) atoms. The summed E-state index contributed by atoms with van der Waals surface area (Å²) in [5, 5.41) is 19.7. The number of nitrogens with zero attached hydrogens (tertiary/aromatic N) is 3. The van der Waals surface area contributed by atoms with Crippen LogP contribution >= 0.6 is 0 Å². The molecule has 1 aliphatic rings. The first kappa shape index (κ1) is 18.0. The lowest BCUT2D eigenvalue weighted by molar-refractivity contribution is 0.239. The van der Waals surface area contributed by atoms with Crippen LogP contribution in [-0.4, -0.2) is 43.7 Å². The van der Waals surface area contributed by atoms with Gasteiger partial charge < -0.3 is 19.9 Å². The Hall–Kier alpha value is -3.39. The normalized spacial score (nSPS) is 13.9. The molecule has 8 nitrogen and oxygen atoms in total. The van der Waals surface area contributed by atoms with Crippen molar-refractivity contribution in [3.8, 4) is 28.8 Å². The quantitative estimate of drug-likeness (QED) is 0.592. The highest BCUT2D eigenvalue weighted by atomic mass is 16.5. The van der Waals surface area contributed by atoms with Gasteiger partial charge in [-0.15, -0.1) is 0 Å². The molecule has 144 valence electrons. The van der Waals surface area contributed by atoms with Gasteiger partial charge in [-0.25, -0.2) is 4.98 Å². The molecule has 0 unspecified atom stereocenters. The van der Waals surface area contributed by atoms with E-state index >= 15 is 0 Å². The Bertz CT molecular complexity index is 1070. The molecule has 8 heteroatoms. The first-order chi connectivity index (χ1) is 13.5. The molecule has 0 bridgehead atoms. The Morgan fingerprint density at radius 1 is 1.29 bits per heavy atom. The highest BCUT2D eigenvalue weighted by Gasteiger charge is 2.22.